The van der Waals surface area contributed by atoms with Gasteiger partial charge >= 0.3 is 5.97 Å². The van der Waals surface area contributed by atoms with Crippen LogP contribution in [0.4, 0.5) is 0 Å². The Labute approximate surface area is 80.8 Å². The Morgan fingerprint density at radius 1 is 1.77 bits per heavy atom. The highest BCUT2D eigenvalue weighted by Gasteiger charge is 2.39. The number of nitrogens with zero attached hydrogens (tertiary/aromatic N) is 1. The summed E-state index contributed by atoms with van der Waals surface area (Å²) >= 11 is 1.53. The van der Waals surface area contributed by atoms with Crippen molar-refractivity contribution in [1.82, 2.24) is 4.98 Å². The molecule has 0 spiro atoms. The smallest absolute Gasteiger partial charge is 0.315 e. The van der Waals surface area contributed by atoms with Gasteiger partial charge in [-0.2, -0.15) is 0 Å². The average molecular weight is 197 g/mol. The molecular formula is C9H11NO2S. The van der Waals surface area contributed by atoms with Gasteiger partial charge in [0.05, 0.1) is 7.11 Å². The maximum absolute atomic E-state index is 11.4. The first-order valence-corrected chi connectivity index (χ1v) is 5.18. The van der Waals surface area contributed by atoms with E-state index in [2.05, 4.69) is 4.98 Å². The lowest BCUT2D eigenvalue weighted by molar-refractivity contribution is -0.143. The van der Waals surface area contributed by atoms with E-state index in [1.54, 1.807) is 6.20 Å². The van der Waals surface area contributed by atoms with E-state index in [0.717, 1.165) is 17.8 Å². The molecule has 1 aromatic rings. The third-order valence-electron chi connectivity index (χ3n) is 2.27. The molecule has 4 heteroatoms. The summed E-state index contributed by atoms with van der Waals surface area (Å²) in [4.78, 5) is 15.6. The van der Waals surface area contributed by atoms with E-state index in [-0.39, 0.29) is 11.9 Å². The Hall–Kier alpha value is -0.900. The largest absolute Gasteiger partial charge is 0.468 e. The molecule has 1 unspecified atom stereocenters. The zero-order valence-electron chi connectivity index (χ0n) is 7.40. The third kappa shape index (κ3) is 1.72. The fourth-order valence-electron chi connectivity index (χ4n) is 1.44. The van der Waals surface area contributed by atoms with Crippen LogP contribution in [0.25, 0.3) is 0 Å². The van der Waals surface area contributed by atoms with Crippen LogP contribution in [-0.2, 0) is 9.53 Å². The Morgan fingerprint density at radius 3 is 3.00 bits per heavy atom. The van der Waals surface area contributed by atoms with Crippen molar-refractivity contribution in [2.24, 2.45) is 5.92 Å². The molecule has 70 valence electrons. The van der Waals surface area contributed by atoms with Gasteiger partial charge in [-0.05, 0) is 18.8 Å². The zero-order valence-corrected chi connectivity index (χ0v) is 8.21. The number of aromatic nitrogens is 1. The van der Waals surface area contributed by atoms with E-state index in [0.29, 0.717) is 5.92 Å². The zero-order chi connectivity index (χ0) is 9.26. The van der Waals surface area contributed by atoms with Crippen molar-refractivity contribution in [2.75, 3.05) is 7.11 Å². The first-order chi connectivity index (χ1) is 6.33. The van der Waals surface area contributed by atoms with Crippen molar-refractivity contribution in [1.29, 1.82) is 0 Å². The predicted octanol–water partition coefficient (Wildman–Crippen LogP) is 1.81. The van der Waals surface area contributed by atoms with Gasteiger partial charge in [-0.1, -0.05) is 0 Å². The number of ether oxygens (including phenoxy) is 1. The van der Waals surface area contributed by atoms with E-state index in [9.17, 15) is 4.79 Å². The monoisotopic (exact) mass is 197 g/mol. The first-order valence-electron chi connectivity index (χ1n) is 4.30. The van der Waals surface area contributed by atoms with Gasteiger partial charge in [0.25, 0.3) is 0 Å². The summed E-state index contributed by atoms with van der Waals surface area (Å²) in [6.07, 6.45) is 3.98. The van der Waals surface area contributed by atoms with Gasteiger partial charge in [-0.3, -0.25) is 4.79 Å². The topological polar surface area (TPSA) is 39.2 Å². The van der Waals surface area contributed by atoms with E-state index in [1.807, 2.05) is 5.38 Å². The molecule has 1 aliphatic rings. The van der Waals surface area contributed by atoms with Gasteiger partial charge < -0.3 is 4.74 Å². The van der Waals surface area contributed by atoms with Crippen molar-refractivity contribution in [3.05, 3.63) is 16.6 Å². The minimum atomic E-state index is -0.141. The van der Waals surface area contributed by atoms with Crippen LogP contribution in [0.3, 0.4) is 0 Å². The van der Waals surface area contributed by atoms with E-state index < -0.39 is 0 Å². The summed E-state index contributed by atoms with van der Waals surface area (Å²) in [6.45, 7) is 0. The van der Waals surface area contributed by atoms with Crippen LogP contribution >= 0.6 is 11.3 Å². The molecule has 1 fully saturated rings. The molecule has 0 amide bonds. The molecule has 1 atom stereocenters. The number of methoxy groups -OCH3 is 1. The third-order valence-corrected chi connectivity index (χ3v) is 3.12. The minimum absolute atomic E-state index is 0.106. The maximum atomic E-state index is 11.4. The first kappa shape index (κ1) is 8.69. The van der Waals surface area contributed by atoms with Gasteiger partial charge in [0.15, 0.2) is 0 Å². The van der Waals surface area contributed by atoms with Crippen LogP contribution in [0.2, 0.25) is 0 Å². The van der Waals surface area contributed by atoms with Crippen LogP contribution in [0, 0.1) is 5.92 Å². The number of carbonyl (C=O) groups is 1. The minimum Gasteiger partial charge on any atom is -0.468 e. The Bertz CT molecular complexity index is 293. The molecule has 1 aliphatic carbocycles. The lowest BCUT2D eigenvalue weighted by atomic mass is 10.1. The average Bonchev–Trinajstić information content (AvgIpc) is 2.81. The Balaban J connectivity index is 2.18. The Morgan fingerprint density at radius 2 is 2.54 bits per heavy atom. The van der Waals surface area contributed by atoms with Crippen molar-refractivity contribution in [2.45, 2.75) is 18.8 Å². The molecular weight excluding hydrogens is 186 g/mol. The second-order valence-electron chi connectivity index (χ2n) is 3.21. The van der Waals surface area contributed by atoms with Crippen molar-refractivity contribution in [3.63, 3.8) is 0 Å². The lowest BCUT2D eigenvalue weighted by Crippen LogP contribution is -2.15. The summed E-state index contributed by atoms with van der Waals surface area (Å²) in [7, 11) is 1.44. The molecule has 1 heterocycles. The molecule has 0 saturated heterocycles. The highest BCUT2D eigenvalue weighted by Crippen LogP contribution is 2.43. The predicted molar refractivity (Wildman–Crippen MR) is 49.6 cm³/mol. The van der Waals surface area contributed by atoms with Crippen LogP contribution in [0.15, 0.2) is 11.6 Å². The standard InChI is InChI=1S/C9H11NO2S/c1-12-9(11)7(6-2-3-6)8-10-4-5-13-8/h4-7H,2-3H2,1H3. The normalized spacial score (nSPS) is 18.2. The van der Waals surface area contributed by atoms with Gasteiger partial charge in [-0.15, -0.1) is 11.3 Å². The van der Waals surface area contributed by atoms with Gasteiger partial charge in [0.1, 0.15) is 10.9 Å². The summed E-state index contributed by atoms with van der Waals surface area (Å²) in [5.74, 6) is 0.223. The highest BCUT2D eigenvalue weighted by molar-refractivity contribution is 7.09. The Kier molecular flexibility index (Phi) is 2.31. The molecule has 1 saturated carbocycles. The van der Waals surface area contributed by atoms with E-state index in [4.69, 9.17) is 4.74 Å². The maximum Gasteiger partial charge on any atom is 0.315 e. The van der Waals surface area contributed by atoms with Gasteiger partial charge in [-0.25, -0.2) is 4.98 Å². The molecule has 0 radical (unpaired) electrons. The SMILES string of the molecule is COC(=O)C(c1nccs1)C1CC1. The van der Waals surface area contributed by atoms with E-state index >= 15 is 0 Å². The number of thiazole rings is 1. The molecule has 13 heavy (non-hydrogen) atoms. The lowest BCUT2D eigenvalue weighted by Gasteiger charge is -2.09. The van der Waals surface area contributed by atoms with Crippen molar-refractivity contribution in [3.8, 4) is 0 Å². The molecule has 0 aliphatic heterocycles. The van der Waals surface area contributed by atoms with Crippen LogP contribution < -0.4 is 0 Å². The quantitative estimate of drug-likeness (QED) is 0.694. The number of carbonyl (C=O) groups excluding carboxylic acids is 1. The number of hydrogen-bond donors (Lipinski definition) is 0. The van der Waals surface area contributed by atoms with Gasteiger partial charge in [0.2, 0.25) is 0 Å². The summed E-state index contributed by atoms with van der Waals surface area (Å²) in [5, 5.41) is 2.79. The number of hydrogen-bond acceptors (Lipinski definition) is 4. The van der Waals surface area contributed by atoms with Crippen LogP contribution in [0.5, 0.6) is 0 Å². The molecule has 0 bridgehead atoms. The number of rotatable bonds is 3. The summed E-state index contributed by atoms with van der Waals surface area (Å²) in [5.41, 5.74) is 0. The van der Waals surface area contributed by atoms with Gasteiger partial charge in [0, 0.05) is 11.6 Å². The fraction of sp³-hybridized carbons (Fsp3) is 0.556. The fourth-order valence-corrected chi connectivity index (χ4v) is 2.26. The molecule has 0 N–H and O–H groups in total. The van der Waals surface area contributed by atoms with Crippen molar-refractivity contribution < 1.29 is 9.53 Å². The van der Waals surface area contributed by atoms with Crippen LogP contribution in [-0.4, -0.2) is 18.1 Å². The second kappa shape index (κ2) is 3.46. The molecule has 1 aromatic heterocycles. The second-order valence-corrected chi connectivity index (χ2v) is 4.13. The molecule has 2 rings (SSSR count). The summed E-state index contributed by atoms with van der Waals surface area (Å²) < 4.78 is 4.77. The number of esters is 1. The van der Waals surface area contributed by atoms with Crippen molar-refractivity contribution >= 4 is 17.3 Å². The molecule has 0 aromatic carbocycles. The van der Waals surface area contributed by atoms with E-state index in [1.165, 1.54) is 18.4 Å². The molecule has 3 nitrogen and oxygen atoms in total. The summed E-state index contributed by atoms with van der Waals surface area (Å²) in [6, 6.07) is 0. The highest BCUT2D eigenvalue weighted by atomic mass is 32.1. The van der Waals surface area contributed by atoms with Crippen LogP contribution in [0.1, 0.15) is 23.8 Å².